The second-order valence-electron chi connectivity index (χ2n) is 9.72. The molecule has 0 radical (unpaired) electrons. The molecular weight excluding hydrogens is 483 g/mol. The SMILES string of the molecule is CC1(C)CC(=O)C2=C(C1)Nc1nc(SCc3ccccc3F)[nH]c(=O)c1C2c1ccccc1[N+](=O)[O-]. The van der Waals surface area contributed by atoms with Crippen LogP contribution in [0.5, 0.6) is 0 Å². The van der Waals surface area contributed by atoms with Crippen LogP contribution in [0.15, 0.2) is 69.8 Å². The van der Waals surface area contributed by atoms with Gasteiger partial charge >= 0.3 is 0 Å². The van der Waals surface area contributed by atoms with E-state index in [1.807, 2.05) is 13.8 Å². The average Bonchev–Trinajstić information content (AvgIpc) is 2.81. The highest BCUT2D eigenvalue weighted by Crippen LogP contribution is 2.49. The van der Waals surface area contributed by atoms with E-state index in [4.69, 9.17) is 0 Å². The predicted octanol–water partition coefficient (Wildman–Crippen LogP) is 5.31. The number of halogens is 1. The molecule has 8 nitrogen and oxygen atoms in total. The fourth-order valence-electron chi connectivity index (χ4n) is 4.93. The third-order valence-electron chi connectivity index (χ3n) is 6.47. The lowest BCUT2D eigenvalue weighted by Gasteiger charge is -2.38. The van der Waals surface area contributed by atoms with Crippen LogP contribution in [0.4, 0.5) is 15.9 Å². The Hall–Kier alpha value is -3.79. The van der Waals surface area contributed by atoms with Crippen LogP contribution >= 0.6 is 11.8 Å². The number of nitro groups is 1. The number of allylic oxidation sites excluding steroid dienone is 2. The summed E-state index contributed by atoms with van der Waals surface area (Å²) < 4.78 is 14.1. The number of nitro benzene ring substituents is 1. The highest BCUT2D eigenvalue weighted by molar-refractivity contribution is 7.98. The molecule has 10 heteroatoms. The van der Waals surface area contributed by atoms with Gasteiger partial charge < -0.3 is 10.3 Å². The summed E-state index contributed by atoms with van der Waals surface area (Å²) in [6.45, 7) is 3.96. The maximum atomic E-state index is 14.1. The van der Waals surface area contributed by atoms with Gasteiger partial charge in [-0.3, -0.25) is 19.7 Å². The second kappa shape index (κ2) is 9.02. The molecular formula is C26H23FN4O4S. The third kappa shape index (κ3) is 4.32. The lowest BCUT2D eigenvalue weighted by Crippen LogP contribution is -2.37. The fraction of sp³-hybridized carbons (Fsp3) is 0.269. The molecule has 0 fully saturated rings. The van der Waals surface area contributed by atoms with Gasteiger partial charge in [0.2, 0.25) is 0 Å². The van der Waals surface area contributed by atoms with Crippen LogP contribution in [-0.2, 0) is 10.5 Å². The Morgan fingerprint density at radius 1 is 1.14 bits per heavy atom. The topological polar surface area (TPSA) is 118 Å². The first-order valence-electron chi connectivity index (χ1n) is 11.4. The summed E-state index contributed by atoms with van der Waals surface area (Å²) in [5.74, 6) is -0.926. The number of carbonyl (C=O) groups excluding carboxylic acids is 1. The number of aromatic nitrogens is 2. The Balaban J connectivity index is 1.64. The van der Waals surface area contributed by atoms with Crippen molar-refractivity contribution in [2.24, 2.45) is 5.41 Å². The minimum atomic E-state index is -0.927. The molecule has 184 valence electrons. The number of carbonyl (C=O) groups is 1. The van der Waals surface area contributed by atoms with Crippen molar-refractivity contribution in [2.45, 2.75) is 43.5 Å². The van der Waals surface area contributed by atoms with Gasteiger partial charge in [0.25, 0.3) is 11.2 Å². The Morgan fingerprint density at radius 3 is 2.61 bits per heavy atom. The minimum Gasteiger partial charge on any atom is -0.343 e. The number of thioether (sulfide) groups is 1. The zero-order valence-electron chi connectivity index (χ0n) is 19.6. The van der Waals surface area contributed by atoms with Crippen molar-refractivity contribution in [3.05, 3.63) is 103 Å². The van der Waals surface area contributed by atoms with E-state index in [-0.39, 0.29) is 57.0 Å². The molecule has 2 N–H and O–H groups in total. The molecule has 1 atom stereocenters. The molecule has 0 saturated heterocycles. The quantitative estimate of drug-likeness (QED) is 0.208. The van der Waals surface area contributed by atoms with E-state index in [0.717, 1.165) is 0 Å². The Kier molecular flexibility index (Phi) is 5.99. The van der Waals surface area contributed by atoms with E-state index in [0.29, 0.717) is 23.3 Å². The van der Waals surface area contributed by atoms with Crippen LogP contribution < -0.4 is 10.9 Å². The number of nitrogens with one attached hydrogen (secondary N) is 2. The monoisotopic (exact) mass is 506 g/mol. The molecule has 2 heterocycles. The standard InChI is InChI=1S/C26H23FN4O4S/c1-26(2)11-17-21(19(32)12-26)20(15-8-4-6-10-18(15)31(34)35)22-23(28-17)29-25(30-24(22)33)36-13-14-7-3-5-9-16(14)27/h3-10,20H,11-13H2,1-2H3,(H2,28,29,30,33). The van der Waals surface area contributed by atoms with Gasteiger partial charge in [-0.2, -0.15) is 0 Å². The molecule has 5 rings (SSSR count). The molecule has 0 amide bonds. The van der Waals surface area contributed by atoms with Crippen molar-refractivity contribution in [3.8, 4) is 0 Å². The average molecular weight is 507 g/mol. The molecule has 2 aromatic carbocycles. The number of benzene rings is 2. The maximum Gasteiger partial charge on any atom is 0.273 e. The van der Waals surface area contributed by atoms with Gasteiger partial charge in [-0.05, 0) is 23.5 Å². The van der Waals surface area contributed by atoms with E-state index in [1.54, 1.807) is 36.4 Å². The fourth-order valence-corrected chi connectivity index (χ4v) is 5.78. The molecule has 2 aliphatic rings. The molecule has 3 aromatic rings. The largest absolute Gasteiger partial charge is 0.343 e. The first-order chi connectivity index (χ1) is 17.1. The lowest BCUT2D eigenvalue weighted by molar-refractivity contribution is -0.385. The van der Waals surface area contributed by atoms with Gasteiger partial charge in [0.1, 0.15) is 11.6 Å². The lowest BCUT2D eigenvalue weighted by atomic mass is 9.69. The second-order valence-corrected chi connectivity index (χ2v) is 10.7. The number of aromatic amines is 1. The number of hydrogen-bond acceptors (Lipinski definition) is 7. The molecule has 0 bridgehead atoms. The number of hydrogen-bond donors (Lipinski definition) is 2. The van der Waals surface area contributed by atoms with Gasteiger partial charge in [-0.15, -0.1) is 0 Å². The molecule has 1 unspecified atom stereocenters. The van der Waals surface area contributed by atoms with Gasteiger partial charge in [0.05, 0.1) is 16.4 Å². The van der Waals surface area contributed by atoms with E-state index < -0.39 is 16.4 Å². The van der Waals surface area contributed by atoms with Gasteiger partial charge in [0.15, 0.2) is 10.9 Å². The Morgan fingerprint density at radius 2 is 1.86 bits per heavy atom. The summed E-state index contributed by atoms with van der Waals surface area (Å²) in [5, 5.41) is 15.3. The smallest absolute Gasteiger partial charge is 0.273 e. The number of anilines is 1. The number of nitrogens with zero attached hydrogens (tertiary/aromatic N) is 2. The molecule has 1 aromatic heterocycles. The van der Waals surface area contributed by atoms with Crippen LogP contribution in [0, 0.1) is 21.3 Å². The molecule has 0 spiro atoms. The van der Waals surface area contributed by atoms with Gasteiger partial charge in [-0.25, -0.2) is 9.37 Å². The summed E-state index contributed by atoms with van der Waals surface area (Å²) >= 11 is 1.17. The number of fused-ring (bicyclic) bond motifs is 1. The summed E-state index contributed by atoms with van der Waals surface area (Å²) in [5.41, 5.74) is 0.893. The van der Waals surface area contributed by atoms with Crippen molar-refractivity contribution in [1.29, 1.82) is 0 Å². The molecule has 1 aliphatic heterocycles. The number of para-hydroxylation sites is 1. The highest BCUT2D eigenvalue weighted by Gasteiger charge is 2.44. The number of H-pyrrole nitrogens is 1. The van der Waals surface area contributed by atoms with Crippen LogP contribution in [0.1, 0.15) is 49.3 Å². The van der Waals surface area contributed by atoms with Gasteiger partial charge in [0, 0.05) is 35.1 Å². The number of rotatable bonds is 5. The summed E-state index contributed by atoms with van der Waals surface area (Å²) in [4.78, 5) is 45.4. The summed E-state index contributed by atoms with van der Waals surface area (Å²) in [6, 6.07) is 12.5. The third-order valence-corrected chi connectivity index (χ3v) is 7.39. The highest BCUT2D eigenvalue weighted by atomic mass is 32.2. The zero-order chi connectivity index (χ0) is 25.6. The molecule has 36 heavy (non-hydrogen) atoms. The number of ketones is 1. The summed E-state index contributed by atoms with van der Waals surface area (Å²) in [7, 11) is 0. The van der Waals surface area contributed by atoms with E-state index in [2.05, 4.69) is 15.3 Å². The maximum absolute atomic E-state index is 14.1. The Bertz CT molecular complexity index is 1500. The van der Waals surface area contributed by atoms with Crippen molar-refractivity contribution < 1.29 is 14.1 Å². The van der Waals surface area contributed by atoms with E-state index in [1.165, 1.54) is 23.9 Å². The van der Waals surface area contributed by atoms with Crippen molar-refractivity contribution in [2.75, 3.05) is 5.32 Å². The van der Waals surface area contributed by atoms with Crippen LogP contribution in [0.2, 0.25) is 0 Å². The minimum absolute atomic E-state index is 0.153. The van der Waals surface area contributed by atoms with Crippen LogP contribution in [0.25, 0.3) is 0 Å². The van der Waals surface area contributed by atoms with Gasteiger partial charge in [-0.1, -0.05) is 62.0 Å². The molecule has 0 saturated carbocycles. The summed E-state index contributed by atoms with van der Waals surface area (Å²) in [6.07, 6.45) is 0.790. The van der Waals surface area contributed by atoms with Crippen LogP contribution in [0.3, 0.4) is 0 Å². The van der Waals surface area contributed by atoms with E-state index >= 15 is 0 Å². The van der Waals surface area contributed by atoms with Crippen LogP contribution in [-0.4, -0.2) is 20.7 Å². The van der Waals surface area contributed by atoms with E-state index in [9.17, 15) is 24.1 Å². The zero-order valence-corrected chi connectivity index (χ0v) is 20.4. The number of Topliss-reactive ketones (excluding diaryl/α,β-unsaturated/α-hetero) is 1. The predicted molar refractivity (Wildman–Crippen MR) is 134 cm³/mol. The molecule has 1 aliphatic carbocycles. The Labute approximate surface area is 210 Å². The van der Waals surface area contributed by atoms with Crippen molar-refractivity contribution >= 4 is 29.1 Å². The van der Waals surface area contributed by atoms with Crippen molar-refractivity contribution in [3.63, 3.8) is 0 Å². The normalized spacial score (nSPS) is 18.3. The first-order valence-corrected chi connectivity index (χ1v) is 12.4. The first kappa shape index (κ1) is 23.9. The van der Waals surface area contributed by atoms with Crippen molar-refractivity contribution in [1.82, 2.24) is 9.97 Å².